The molecule has 2 N–H and O–H groups in total. The van der Waals surface area contributed by atoms with Crippen LogP contribution in [0.3, 0.4) is 0 Å². The van der Waals surface area contributed by atoms with E-state index in [1.165, 1.54) is 22.5 Å². The Hall–Kier alpha value is -2.37. The van der Waals surface area contributed by atoms with Crippen LogP contribution in [0.1, 0.15) is 35.7 Å². The van der Waals surface area contributed by atoms with Crippen LogP contribution in [0.25, 0.3) is 0 Å². The van der Waals surface area contributed by atoms with Gasteiger partial charge in [0, 0.05) is 30.9 Å². The number of hydrogen-bond acceptors (Lipinski definition) is 6. The van der Waals surface area contributed by atoms with Crippen LogP contribution in [0.4, 0.5) is 13.2 Å². The van der Waals surface area contributed by atoms with Crippen molar-refractivity contribution in [3.05, 3.63) is 29.3 Å². The van der Waals surface area contributed by atoms with Gasteiger partial charge < -0.3 is 14.4 Å². The molecule has 2 amide bonds. The predicted molar refractivity (Wildman–Crippen MR) is 95.7 cm³/mol. The number of carbonyl (C=O) groups is 2. The Morgan fingerprint density at radius 3 is 2.67 bits per heavy atom. The third kappa shape index (κ3) is 5.02. The summed E-state index contributed by atoms with van der Waals surface area (Å²) >= 11 is 0. The van der Waals surface area contributed by atoms with Crippen molar-refractivity contribution < 1.29 is 42.2 Å². The zero-order chi connectivity index (χ0) is 21.9. The molecule has 30 heavy (non-hydrogen) atoms. The van der Waals surface area contributed by atoms with Gasteiger partial charge in [-0.15, -0.1) is 13.2 Å². The fourth-order valence-electron chi connectivity index (χ4n) is 3.56. The van der Waals surface area contributed by atoms with E-state index >= 15 is 0 Å². The lowest BCUT2D eigenvalue weighted by atomic mass is 9.80. The molecule has 0 radical (unpaired) electrons. The molecule has 0 aliphatic carbocycles. The van der Waals surface area contributed by atoms with Gasteiger partial charge in [0.05, 0.1) is 18.1 Å². The van der Waals surface area contributed by atoms with Crippen molar-refractivity contribution in [1.82, 2.24) is 10.4 Å². The first kappa shape index (κ1) is 22.3. The lowest BCUT2D eigenvalue weighted by Gasteiger charge is -2.39. The number of alkyl halides is 3. The average Bonchev–Trinajstić information content (AvgIpc) is 2.90. The van der Waals surface area contributed by atoms with Crippen molar-refractivity contribution in [1.29, 1.82) is 0 Å². The van der Waals surface area contributed by atoms with E-state index in [1.54, 1.807) is 13.0 Å². The van der Waals surface area contributed by atoms with E-state index in [0.717, 1.165) is 0 Å². The molecule has 166 valence electrons. The Kier molecular flexibility index (Phi) is 6.53. The minimum absolute atomic E-state index is 0.00246. The number of nitrogens with zero attached hydrogens (tertiary/aromatic N) is 1. The standard InChI is InChI=1S/C19H23F3N2O6/c1-18(4-6-28-7-5-18)17(26)24-9-13-3-2-12(16(25)23-27)8-15(13)29-10-14(24)11-30-19(20,21)22/h2-3,8,14,27H,4-7,9-11H2,1H3,(H,23,25). The molecule has 1 aromatic carbocycles. The summed E-state index contributed by atoms with van der Waals surface area (Å²) < 4.78 is 53.0. The Bertz CT molecular complexity index is 795. The molecule has 1 aromatic rings. The quantitative estimate of drug-likeness (QED) is 0.560. The second kappa shape index (κ2) is 8.78. The van der Waals surface area contributed by atoms with Gasteiger partial charge in [0.15, 0.2) is 0 Å². The third-order valence-corrected chi connectivity index (χ3v) is 5.46. The van der Waals surface area contributed by atoms with E-state index in [4.69, 9.17) is 14.7 Å². The summed E-state index contributed by atoms with van der Waals surface area (Å²) in [4.78, 5) is 26.4. The molecule has 1 atom stereocenters. The highest BCUT2D eigenvalue weighted by molar-refractivity contribution is 5.93. The predicted octanol–water partition coefficient (Wildman–Crippen LogP) is 2.25. The van der Waals surface area contributed by atoms with Crippen molar-refractivity contribution >= 4 is 11.8 Å². The van der Waals surface area contributed by atoms with E-state index in [9.17, 15) is 22.8 Å². The SMILES string of the molecule is CC1(C(=O)N2Cc3ccc(C(=O)NO)cc3OCC2COC(F)(F)F)CCOCC1. The highest BCUT2D eigenvalue weighted by Gasteiger charge is 2.42. The van der Waals surface area contributed by atoms with Gasteiger partial charge in [0.25, 0.3) is 5.91 Å². The normalized spacial score (nSPS) is 21.2. The first-order valence-corrected chi connectivity index (χ1v) is 9.42. The number of fused-ring (bicyclic) bond motifs is 1. The number of halogens is 3. The summed E-state index contributed by atoms with van der Waals surface area (Å²) in [6.07, 6.45) is -3.93. The maximum Gasteiger partial charge on any atom is 0.522 e. The Labute approximate surface area is 170 Å². The second-order valence-corrected chi connectivity index (χ2v) is 7.59. The molecule has 0 aromatic heterocycles. The number of hydrogen-bond donors (Lipinski definition) is 2. The summed E-state index contributed by atoms with van der Waals surface area (Å²) in [6.45, 7) is 1.54. The molecule has 8 nitrogen and oxygen atoms in total. The summed E-state index contributed by atoms with van der Waals surface area (Å²) in [5.74, 6) is -0.805. The average molecular weight is 432 g/mol. The molecule has 3 rings (SSSR count). The molecule has 2 aliphatic rings. The molecule has 2 heterocycles. The van der Waals surface area contributed by atoms with Gasteiger partial charge in [-0.2, -0.15) is 0 Å². The first-order chi connectivity index (χ1) is 14.1. The molecular weight excluding hydrogens is 409 g/mol. The van der Waals surface area contributed by atoms with Crippen LogP contribution in [0.15, 0.2) is 18.2 Å². The van der Waals surface area contributed by atoms with Crippen LogP contribution in [0, 0.1) is 5.41 Å². The van der Waals surface area contributed by atoms with Crippen molar-refractivity contribution in [3.8, 4) is 5.75 Å². The smallest absolute Gasteiger partial charge is 0.491 e. The second-order valence-electron chi connectivity index (χ2n) is 7.59. The van der Waals surface area contributed by atoms with E-state index < -0.39 is 30.3 Å². The lowest BCUT2D eigenvalue weighted by Crippen LogP contribution is -2.52. The Balaban J connectivity index is 1.90. The van der Waals surface area contributed by atoms with Gasteiger partial charge >= 0.3 is 6.36 Å². The van der Waals surface area contributed by atoms with Crippen molar-refractivity contribution in [3.63, 3.8) is 0 Å². The largest absolute Gasteiger partial charge is 0.522 e. The molecule has 2 aliphatic heterocycles. The minimum atomic E-state index is -4.84. The molecule has 0 bridgehead atoms. The van der Waals surface area contributed by atoms with E-state index in [1.807, 2.05) is 0 Å². The molecule has 0 saturated carbocycles. The number of benzene rings is 1. The summed E-state index contributed by atoms with van der Waals surface area (Å²) in [7, 11) is 0. The Morgan fingerprint density at radius 1 is 1.33 bits per heavy atom. The van der Waals surface area contributed by atoms with Crippen molar-refractivity contribution in [2.24, 2.45) is 5.41 Å². The van der Waals surface area contributed by atoms with Crippen LogP contribution in [-0.4, -0.2) is 60.8 Å². The van der Waals surface area contributed by atoms with Gasteiger partial charge in [-0.1, -0.05) is 13.0 Å². The monoisotopic (exact) mass is 432 g/mol. The van der Waals surface area contributed by atoms with Crippen LogP contribution in [-0.2, 0) is 20.8 Å². The summed E-state index contributed by atoms with van der Waals surface area (Å²) in [5.41, 5.74) is 1.38. The lowest BCUT2D eigenvalue weighted by molar-refractivity contribution is -0.328. The fraction of sp³-hybridized carbons (Fsp3) is 0.579. The zero-order valence-electron chi connectivity index (χ0n) is 16.3. The molecule has 0 spiro atoms. The molecule has 1 saturated heterocycles. The van der Waals surface area contributed by atoms with Crippen LogP contribution in [0.2, 0.25) is 0 Å². The number of rotatable bonds is 4. The topological polar surface area (TPSA) is 97.3 Å². The number of ether oxygens (including phenoxy) is 3. The first-order valence-electron chi connectivity index (χ1n) is 9.42. The number of nitrogens with one attached hydrogen (secondary N) is 1. The van der Waals surface area contributed by atoms with Crippen molar-refractivity contribution in [2.45, 2.75) is 38.7 Å². The summed E-state index contributed by atoms with van der Waals surface area (Å²) in [6, 6.07) is 3.35. The maximum absolute atomic E-state index is 13.4. The van der Waals surface area contributed by atoms with E-state index in [2.05, 4.69) is 4.74 Å². The van der Waals surface area contributed by atoms with Gasteiger partial charge in [-0.3, -0.25) is 19.5 Å². The van der Waals surface area contributed by atoms with E-state index in [-0.39, 0.29) is 30.4 Å². The van der Waals surface area contributed by atoms with Crippen LogP contribution < -0.4 is 10.2 Å². The van der Waals surface area contributed by atoms with Crippen LogP contribution >= 0.6 is 0 Å². The van der Waals surface area contributed by atoms with Gasteiger partial charge in [0.2, 0.25) is 5.91 Å². The zero-order valence-corrected chi connectivity index (χ0v) is 16.3. The number of amides is 2. The maximum atomic E-state index is 13.4. The van der Waals surface area contributed by atoms with Gasteiger partial charge in [-0.05, 0) is 25.0 Å². The van der Waals surface area contributed by atoms with Gasteiger partial charge in [0.1, 0.15) is 12.4 Å². The molecule has 1 fully saturated rings. The molecular formula is C19H23F3N2O6. The minimum Gasteiger partial charge on any atom is -0.491 e. The third-order valence-electron chi connectivity index (χ3n) is 5.46. The Morgan fingerprint density at radius 2 is 2.03 bits per heavy atom. The highest BCUT2D eigenvalue weighted by atomic mass is 19.4. The number of hydroxylamine groups is 1. The van der Waals surface area contributed by atoms with Crippen LogP contribution in [0.5, 0.6) is 5.75 Å². The highest BCUT2D eigenvalue weighted by Crippen LogP contribution is 2.36. The van der Waals surface area contributed by atoms with Gasteiger partial charge in [-0.25, -0.2) is 5.48 Å². The molecule has 1 unspecified atom stereocenters. The molecule has 11 heteroatoms. The number of carbonyl (C=O) groups excluding carboxylic acids is 2. The van der Waals surface area contributed by atoms with E-state index in [0.29, 0.717) is 31.6 Å². The fourth-order valence-corrected chi connectivity index (χ4v) is 3.56. The van der Waals surface area contributed by atoms with Crippen molar-refractivity contribution in [2.75, 3.05) is 26.4 Å². The summed E-state index contributed by atoms with van der Waals surface area (Å²) in [5, 5.41) is 8.80.